The lowest BCUT2D eigenvalue weighted by Crippen LogP contribution is -2.43. The number of fused-ring (bicyclic) bond motifs is 2. The number of benzene rings is 1. The average molecular weight is 602 g/mol. The van der Waals surface area contributed by atoms with Crippen LogP contribution < -0.4 is 20.3 Å². The molecule has 2 saturated heterocycles. The quantitative estimate of drug-likeness (QED) is 0.308. The molecule has 3 heterocycles. The molecule has 2 fully saturated rings. The second-order valence-electron chi connectivity index (χ2n) is 8.84. The number of aromatic amines is 1. The Morgan fingerprint density at radius 2 is 2.17 bits per heavy atom. The number of ether oxygens (including phenoxy) is 2. The second-order valence-corrected chi connectivity index (χ2v) is 10.0. The predicted octanol–water partition coefficient (Wildman–Crippen LogP) is 4.52. The molecule has 0 spiro atoms. The van der Waals surface area contributed by atoms with Gasteiger partial charge in [-0.25, -0.2) is 22.0 Å². The van der Waals surface area contributed by atoms with Crippen molar-refractivity contribution < 1.29 is 31.4 Å². The fraction of sp³-hybridized carbons (Fsp3) is 0.545. The van der Waals surface area contributed by atoms with Crippen LogP contribution >= 0.6 is 27.5 Å². The van der Waals surface area contributed by atoms with Crippen LogP contribution in [0.5, 0.6) is 11.8 Å². The minimum Gasteiger partial charge on any atom is -0.489 e. The summed E-state index contributed by atoms with van der Waals surface area (Å²) in [5.74, 6) is -2.28. The smallest absolute Gasteiger partial charge is 0.297 e. The van der Waals surface area contributed by atoms with Crippen LogP contribution in [0.1, 0.15) is 19.3 Å². The van der Waals surface area contributed by atoms with Crippen molar-refractivity contribution in [2.45, 2.75) is 43.4 Å². The molecule has 0 radical (unpaired) electrons. The van der Waals surface area contributed by atoms with E-state index in [4.69, 9.17) is 21.1 Å². The van der Waals surface area contributed by atoms with Crippen molar-refractivity contribution in [1.29, 1.82) is 0 Å². The second kappa shape index (κ2) is 10.8. The summed E-state index contributed by atoms with van der Waals surface area (Å²) in [5.41, 5.74) is -1.81. The number of nitrogens with one attached hydrogen (secondary N) is 2. The highest BCUT2D eigenvalue weighted by Gasteiger charge is 2.49. The van der Waals surface area contributed by atoms with Crippen LogP contribution in [-0.4, -0.2) is 71.9 Å². The Morgan fingerprint density at radius 1 is 1.42 bits per heavy atom. The molecule has 0 bridgehead atoms. The Bertz CT molecular complexity index is 1220. The number of halogens is 7. The van der Waals surface area contributed by atoms with E-state index < -0.39 is 60.0 Å². The Balaban J connectivity index is 1.62. The summed E-state index contributed by atoms with van der Waals surface area (Å²) in [6, 6.07) is -1.62. The van der Waals surface area contributed by atoms with Gasteiger partial charge in [-0.2, -0.15) is 4.98 Å². The summed E-state index contributed by atoms with van der Waals surface area (Å²) < 4.78 is 78.8. The van der Waals surface area contributed by atoms with E-state index in [2.05, 4.69) is 37.8 Å². The van der Waals surface area contributed by atoms with Gasteiger partial charge in [0.2, 0.25) is 0 Å². The van der Waals surface area contributed by atoms with Gasteiger partial charge in [-0.3, -0.25) is 20.0 Å². The molecule has 1 aromatic heterocycles. The van der Waals surface area contributed by atoms with Crippen LogP contribution in [0.2, 0.25) is 5.02 Å². The van der Waals surface area contributed by atoms with Crippen molar-refractivity contribution in [2.75, 3.05) is 32.8 Å². The maximum Gasteiger partial charge on any atom is 0.297 e. The Morgan fingerprint density at radius 3 is 2.86 bits per heavy atom. The number of H-pyrrole nitrogens is 1. The van der Waals surface area contributed by atoms with Gasteiger partial charge in [0.25, 0.3) is 18.0 Å². The van der Waals surface area contributed by atoms with Gasteiger partial charge in [0.05, 0.1) is 22.6 Å². The Kier molecular flexibility index (Phi) is 8.13. The van der Waals surface area contributed by atoms with Gasteiger partial charge in [-0.15, -0.1) is 0 Å². The van der Waals surface area contributed by atoms with E-state index in [0.29, 0.717) is 13.0 Å². The molecular formula is C22H23BrClF5N4O3. The first kappa shape index (κ1) is 27.1. The van der Waals surface area contributed by atoms with Crippen molar-refractivity contribution in [3.05, 3.63) is 38.1 Å². The SMILES string of the molecule is C=C(F)C(COc1c(Cl)c(Br)c(F)c2nc(OC[C@@]34CCCN3C[C@H](F)C4)[nH]c(=O)c12)NCC(F)F. The molecule has 2 aromatic rings. The molecule has 2 aliphatic rings. The number of hydrogen-bond acceptors (Lipinski definition) is 6. The number of rotatable bonds is 10. The largest absolute Gasteiger partial charge is 0.489 e. The Hall–Kier alpha value is -1.96. The molecule has 7 nitrogen and oxygen atoms in total. The molecule has 14 heteroatoms. The van der Waals surface area contributed by atoms with Gasteiger partial charge in [-0.05, 0) is 35.3 Å². The van der Waals surface area contributed by atoms with Crippen LogP contribution in [0, 0.1) is 5.82 Å². The summed E-state index contributed by atoms with van der Waals surface area (Å²) in [4.78, 5) is 21.4. The van der Waals surface area contributed by atoms with Crippen LogP contribution in [0.15, 0.2) is 21.7 Å². The maximum absolute atomic E-state index is 15.1. The van der Waals surface area contributed by atoms with Gasteiger partial charge in [0, 0.05) is 13.0 Å². The van der Waals surface area contributed by atoms with Crippen LogP contribution in [0.25, 0.3) is 10.9 Å². The van der Waals surface area contributed by atoms with Gasteiger partial charge in [0.1, 0.15) is 41.1 Å². The van der Waals surface area contributed by atoms with Crippen molar-refractivity contribution in [3.63, 3.8) is 0 Å². The first-order valence-electron chi connectivity index (χ1n) is 11.1. The van der Waals surface area contributed by atoms with E-state index in [0.717, 1.165) is 19.4 Å². The van der Waals surface area contributed by atoms with E-state index in [1.54, 1.807) is 0 Å². The summed E-state index contributed by atoms with van der Waals surface area (Å²) in [6.07, 6.45) is -1.83. The minimum absolute atomic E-state index is 0.0533. The van der Waals surface area contributed by atoms with Crippen molar-refractivity contribution >= 4 is 38.4 Å². The van der Waals surface area contributed by atoms with Crippen molar-refractivity contribution in [1.82, 2.24) is 20.2 Å². The average Bonchev–Trinajstić information content (AvgIpc) is 3.33. The fourth-order valence-corrected chi connectivity index (χ4v) is 5.35. The van der Waals surface area contributed by atoms with E-state index >= 15 is 4.39 Å². The molecule has 2 aliphatic heterocycles. The lowest BCUT2D eigenvalue weighted by atomic mass is 9.95. The van der Waals surface area contributed by atoms with Crippen molar-refractivity contribution in [2.24, 2.45) is 0 Å². The topological polar surface area (TPSA) is 79.5 Å². The monoisotopic (exact) mass is 600 g/mol. The molecule has 1 aromatic carbocycles. The first-order chi connectivity index (χ1) is 17.0. The third kappa shape index (κ3) is 5.34. The van der Waals surface area contributed by atoms with E-state index in [-0.39, 0.29) is 33.2 Å². The third-order valence-corrected chi connectivity index (χ3v) is 7.78. The summed E-state index contributed by atoms with van der Waals surface area (Å²) in [6.45, 7) is 2.79. The van der Waals surface area contributed by atoms with E-state index in [1.165, 1.54) is 0 Å². The van der Waals surface area contributed by atoms with Gasteiger partial charge in [-0.1, -0.05) is 18.2 Å². The fourth-order valence-electron chi connectivity index (χ4n) is 4.75. The lowest BCUT2D eigenvalue weighted by molar-refractivity contribution is 0.107. The zero-order valence-electron chi connectivity index (χ0n) is 18.9. The highest BCUT2D eigenvalue weighted by atomic mass is 79.9. The molecule has 4 rings (SSSR count). The third-order valence-electron chi connectivity index (χ3n) is 6.45. The lowest BCUT2D eigenvalue weighted by Gasteiger charge is -2.30. The number of aromatic nitrogens is 2. The van der Waals surface area contributed by atoms with Crippen LogP contribution in [0.4, 0.5) is 22.0 Å². The first-order valence-corrected chi connectivity index (χ1v) is 12.3. The van der Waals surface area contributed by atoms with Gasteiger partial charge >= 0.3 is 0 Å². The minimum atomic E-state index is -2.75. The molecule has 198 valence electrons. The maximum atomic E-state index is 15.1. The molecular weight excluding hydrogens is 579 g/mol. The number of hydrogen-bond donors (Lipinski definition) is 2. The molecule has 3 atom stereocenters. The van der Waals surface area contributed by atoms with E-state index in [9.17, 15) is 22.4 Å². The van der Waals surface area contributed by atoms with Crippen LogP contribution in [-0.2, 0) is 0 Å². The molecule has 1 unspecified atom stereocenters. The molecule has 0 saturated carbocycles. The Labute approximate surface area is 216 Å². The number of alkyl halides is 3. The highest BCUT2D eigenvalue weighted by Crippen LogP contribution is 2.42. The highest BCUT2D eigenvalue weighted by molar-refractivity contribution is 9.10. The summed E-state index contributed by atoms with van der Waals surface area (Å²) >= 11 is 9.17. The van der Waals surface area contributed by atoms with Gasteiger partial charge in [0.15, 0.2) is 11.6 Å². The number of nitrogens with zero attached hydrogens (tertiary/aromatic N) is 2. The van der Waals surface area contributed by atoms with Gasteiger partial charge < -0.3 is 9.47 Å². The molecule has 36 heavy (non-hydrogen) atoms. The summed E-state index contributed by atoms with van der Waals surface area (Å²) in [7, 11) is 0. The van der Waals surface area contributed by atoms with E-state index in [1.807, 2.05) is 4.90 Å². The zero-order valence-corrected chi connectivity index (χ0v) is 21.2. The molecule has 0 amide bonds. The van der Waals surface area contributed by atoms with Crippen LogP contribution in [0.3, 0.4) is 0 Å². The molecule has 2 N–H and O–H groups in total. The van der Waals surface area contributed by atoms with Crippen molar-refractivity contribution in [3.8, 4) is 11.8 Å². The predicted molar refractivity (Wildman–Crippen MR) is 127 cm³/mol. The zero-order chi connectivity index (χ0) is 26.2. The summed E-state index contributed by atoms with van der Waals surface area (Å²) in [5, 5.41) is 1.53. The standard InChI is InChI=1S/C22H23BrClF5N4O3/c1-10(25)12(30-6-13(27)28)8-35-19-14-18(17(29)15(23)16(19)24)31-21(32-20(14)34)36-9-22-3-2-4-33(22)7-11(26)5-22/h11-13,30H,1-9H2,(H,31,32,34)/t11-,12?,22+/m1/s1. The normalized spacial score (nSPS) is 22.8. The molecule has 0 aliphatic carbocycles.